The first-order chi connectivity index (χ1) is 17.6. The molecule has 3 aliphatic rings. The standard InChI is InChI=1S/C32H45N3O2/c1-21(2)11-9-12-23(5)13-10-14-24(6)17-18-32-20-28-29(36)33-27(19-22(3)4)30(37)35(28)31(32)34-26-16-8-7-15-25(26)32/h7-8,11,13,15-17,22,27-28,31,34H,9-10,12,14,18-20H2,1-6H3,(H,33,36)/b23-13+,24-17+/t27-,28-,31+,32+/m0/s1. The summed E-state index contributed by atoms with van der Waals surface area (Å²) < 4.78 is 0. The van der Waals surface area contributed by atoms with Crippen molar-refractivity contribution in [1.82, 2.24) is 10.2 Å². The highest BCUT2D eigenvalue weighted by molar-refractivity contribution is 5.98. The molecule has 0 aromatic heterocycles. The zero-order valence-electron chi connectivity index (χ0n) is 23.6. The van der Waals surface area contributed by atoms with Crippen LogP contribution < -0.4 is 10.6 Å². The van der Waals surface area contributed by atoms with Gasteiger partial charge in [-0.05, 0) is 90.2 Å². The SMILES string of the molecule is CC(C)=CCC/C(C)=C/CC/C(C)=C/C[C@]12C[C@H]3C(=O)N[C@@H](CC(C)C)C(=O)N3[C@H]1Nc1ccccc12. The van der Waals surface area contributed by atoms with E-state index in [1.54, 1.807) is 0 Å². The van der Waals surface area contributed by atoms with Crippen LogP contribution in [0.3, 0.4) is 0 Å². The van der Waals surface area contributed by atoms with E-state index in [0.29, 0.717) is 18.8 Å². The maximum absolute atomic E-state index is 13.6. The van der Waals surface area contributed by atoms with E-state index in [-0.39, 0.29) is 23.4 Å². The molecule has 3 heterocycles. The Balaban J connectivity index is 1.51. The van der Waals surface area contributed by atoms with Gasteiger partial charge in [0.2, 0.25) is 11.8 Å². The second-order valence-corrected chi connectivity index (χ2v) is 12.1. The lowest BCUT2D eigenvalue weighted by molar-refractivity contribution is -0.149. The third-order valence-corrected chi connectivity index (χ3v) is 8.27. The number of hydrogen-bond donors (Lipinski definition) is 2. The number of nitrogens with one attached hydrogen (secondary N) is 2. The van der Waals surface area contributed by atoms with Crippen LogP contribution >= 0.6 is 0 Å². The number of para-hydroxylation sites is 1. The van der Waals surface area contributed by atoms with E-state index >= 15 is 0 Å². The van der Waals surface area contributed by atoms with Gasteiger partial charge in [0.15, 0.2) is 0 Å². The molecule has 5 heteroatoms. The Morgan fingerprint density at radius 1 is 1.00 bits per heavy atom. The molecule has 2 saturated heterocycles. The third-order valence-electron chi connectivity index (χ3n) is 8.27. The fourth-order valence-corrected chi connectivity index (χ4v) is 6.30. The van der Waals surface area contributed by atoms with Gasteiger partial charge < -0.3 is 15.5 Å². The molecule has 200 valence electrons. The summed E-state index contributed by atoms with van der Waals surface area (Å²) in [5.74, 6) is 0.384. The van der Waals surface area contributed by atoms with Gasteiger partial charge in [-0.1, -0.05) is 67.0 Å². The lowest BCUT2D eigenvalue weighted by Crippen LogP contribution is -2.64. The van der Waals surface area contributed by atoms with E-state index in [2.05, 4.69) is 88.6 Å². The summed E-state index contributed by atoms with van der Waals surface area (Å²) >= 11 is 0. The molecule has 4 atom stereocenters. The largest absolute Gasteiger partial charge is 0.364 e. The number of amides is 2. The molecule has 0 aliphatic carbocycles. The number of anilines is 1. The Morgan fingerprint density at radius 3 is 2.38 bits per heavy atom. The van der Waals surface area contributed by atoms with Gasteiger partial charge in [0, 0.05) is 11.1 Å². The fraction of sp³-hybridized carbons (Fsp3) is 0.562. The Labute approximate surface area is 223 Å². The Morgan fingerprint density at radius 2 is 1.68 bits per heavy atom. The van der Waals surface area contributed by atoms with Crippen molar-refractivity contribution in [3.8, 4) is 0 Å². The van der Waals surface area contributed by atoms with Crippen molar-refractivity contribution in [1.29, 1.82) is 0 Å². The molecule has 0 unspecified atom stereocenters. The quantitative estimate of drug-likeness (QED) is 0.352. The zero-order valence-corrected chi connectivity index (χ0v) is 23.6. The van der Waals surface area contributed by atoms with Crippen LogP contribution in [-0.2, 0) is 15.0 Å². The van der Waals surface area contributed by atoms with Crippen LogP contribution in [0.2, 0.25) is 0 Å². The molecule has 0 saturated carbocycles. The van der Waals surface area contributed by atoms with Crippen molar-refractivity contribution in [3.05, 3.63) is 64.8 Å². The minimum Gasteiger partial charge on any atom is -0.364 e. The molecule has 0 bridgehead atoms. The number of carbonyl (C=O) groups excluding carboxylic acids is 2. The van der Waals surface area contributed by atoms with Crippen molar-refractivity contribution in [2.75, 3.05) is 5.32 Å². The molecule has 0 radical (unpaired) electrons. The Bertz CT molecular complexity index is 1110. The predicted octanol–water partition coefficient (Wildman–Crippen LogP) is 6.63. The van der Waals surface area contributed by atoms with E-state index in [1.165, 1.54) is 22.3 Å². The van der Waals surface area contributed by atoms with Crippen molar-refractivity contribution in [3.63, 3.8) is 0 Å². The number of rotatable bonds is 10. The first-order valence-corrected chi connectivity index (χ1v) is 14.1. The number of nitrogens with zero attached hydrogens (tertiary/aromatic N) is 1. The maximum atomic E-state index is 13.6. The normalized spacial score (nSPS) is 27.0. The van der Waals surface area contributed by atoms with Crippen LogP contribution in [0.1, 0.15) is 92.1 Å². The second-order valence-electron chi connectivity index (χ2n) is 12.1. The minimum absolute atomic E-state index is 0.00673. The van der Waals surface area contributed by atoms with Crippen molar-refractivity contribution in [2.45, 2.75) is 110 Å². The van der Waals surface area contributed by atoms with Gasteiger partial charge in [-0.15, -0.1) is 0 Å². The number of fused-ring (bicyclic) bond motifs is 5. The molecule has 5 nitrogen and oxygen atoms in total. The lowest BCUT2D eigenvalue weighted by Gasteiger charge is -2.39. The van der Waals surface area contributed by atoms with Gasteiger partial charge >= 0.3 is 0 Å². The molecular weight excluding hydrogens is 458 g/mol. The third kappa shape index (κ3) is 5.71. The minimum atomic E-state index is -0.436. The van der Waals surface area contributed by atoms with Crippen molar-refractivity contribution < 1.29 is 9.59 Å². The van der Waals surface area contributed by atoms with E-state index in [4.69, 9.17) is 0 Å². The average molecular weight is 504 g/mol. The molecule has 4 rings (SSSR count). The zero-order chi connectivity index (χ0) is 26.7. The maximum Gasteiger partial charge on any atom is 0.247 e. The molecule has 37 heavy (non-hydrogen) atoms. The summed E-state index contributed by atoms with van der Waals surface area (Å²) in [7, 11) is 0. The first-order valence-electron chi connectivity index (χ1n) is 14.1. The Hall–Kier alpha value is -2.82. The molecule has 2 fully saturated rings. The summed E-state index contributed by atoms with van der Waals surface area (Å²) in [6.45, 7) is 12.9. The fourth-order valence-electron chi connectivity index (χ4n) is 6.30. The highest BCUT2D eigenvalue weighted by Gasteiger charge is 2.62. The summed E-state index contributed by atoms with van der Waals surface area (Å²) in [6, 6.07) is 7.54. The molecular formula is C32H45N3O2. The summed E-state index contributed by atoms with van der Waals surface area (Å²) in [5.41, 5.74) is 6.22. The van der Waals surface area contributed by atoms with Gasteiger partial charge in [0.1, 0.15) is 18.2 Å². The van der Waals surface area contributed by atoms with Gasteiger partial charge in [-0.2, -0.15) is 0 Å². The Kier molecular flexibility index (Phi) is 8.30. The number of allylic oxidation sites excluding steroid dienone is 6. The van der Waals surface area contributed by atoms with Crippen LogP contribution in [0.4, 0.5) is 5.69 Å². The van der Waals surface area contributed by atoms with E-state index in [9.17, 15) is 9.59 Å². The number of benzene rings is 1. The molecule has 1 aromatic carbocycles. The summed E-state index contributed by atoms with van der Waals surface area (Å²) in [5, 5.41) is 6.69. The smallest absolute Gasteiger partial charge is 0.247 e. The van der Waals surface area contributed by atoms with Crippen LogP contribution in [0.25, 0.3) is 0 Å². The summed E-state index contributed by atoms with van der Waals surface area (Å²) in [6.07, 6.45) is 13.3. The molecule has 0 spiro atoms. The topological polar surface area (TPSA) is 61.4 Å². The van der Waals surface area contributed by atoms with Gasteiger partial charge in [-0.3, -0.25) is 9.59 Å². The monoisotopic (exact) mass is 503 g/mol. The number of piperazine rings is 1. The number of hydrogen-bond acceptors (Lipinski definition) is 3. The van der Waals surface area contributed by atoms with Crippen LogP contribution in [0.15, 0.2) is 59.2 Å². The average Bonchev–Trinajstić information content (AvgIpc) is 3.32. The summed E-state index contributed by atoms with van der Waals surface area (Å²) in [4.78, 5) is 28.7. The molecule has 2 N–H and O–H groups in total. The predicted molar refractivity (Wildman–Crippen MR) is 152 cm³/mol. The highest BCUT2D eigenvalue weighted by atomic mass is 16.2. The van der Waals surface area contributed by atoms with Crippen molar-refractivity contribution >= 4 is 17.5 Å². The molecule has 1 aromatic rings. The molecule has 3 aliphatic heterocycles. The van der Waals surface area contributed by atoms with Crippen LogP contribution in [0, 0.1) is 5.92 Å². The molecule has 2 amide bonds. The van der Waals surface area contributed by atoms with Gasteiger partial charge in [0.05, 0.1) is 0 Å². The number of carbonyl (C=O) groups is 2. The second kappa shape index (κ2) is 11.3. The van der Waals surface area contributed by atoms with Crippen LogP contribution in [-0.4, -0.2) is 35.0 Å². The van der Waals surface area contributed by atoms with Crippen molar-refractivity contribution in [2.24, 2.45) is 5.92 Å². The van der Waals surface area contributed by atoms with Gasteiger partial charge in [0.25, 0.3) is 0 Å². The van der Waals surface area contributed by atoms with E-state index in [1.807, 2.05) is 11.0 Å². The van der Waals surface area contributed by atoms with Gasteiger partial charge in [-0.25, -0.2) is 0 Å². The van der Waals surface area contributed by atoms with E-state index < -0.39 is 12.1 Å². The van der Waals surface area contributed by atoms with E-state index in [0.717, 1.165) is 37.8 Å². The highest BCUT2D eigenvalue weighted by Crippen LogP contribution is 2.54. The first kappa shape index (κ1) is 27.2. The van der Waals surface area contributed by atoms with Crippen LogP contribution in [0.5, 0.6) is 0 Å². The lowest BCUT2D eigenvalue weighted by atomic mass is 9.75.